The number of aliphatic carboxylic acids is 1. The molecule has 1 heterocycles. The molecule has 0 fully saturated rings. The minimum atomic E-state index is -1.17. The summed E-state index contributed by atoms with van der Waals surface area (Å²) in [6.45, 7) is 3.04. The van der Waals surface area contributed by atoms with Crippen molar-refractivity contribution < 1.29 is 18.7 Å². The Morgan fingerprint density at radius 3 is 2.75 bits per heavy atom. The number of carboxylic acids is 1. The van der Waals surface area contributed by atoms with Gasteiger partial charge in [-0.05, 0) is 26.0 Å². The molecule has 1 N–H and O–H groups in total. The standard InChI is InChI=1S/C12H11FO3/c1-12(2,11(14)15)7-6-16-9-5-3-4-8(13)10(7)9/h3-6H,1-2H3,(H,14,15). The van der Waals surface area contributed by atoms with E-state index in [1.165, 1.54) is 32.2 Å². The first-order chi connectivity index (χ1) is 7.44. The molecule has 0 aliphatic rings. The summed E-state index contributed by atoms with van der Waals surface area (Å²) in [6, 6.07) is 4.43. The fourth-order valence-electron chi connectivity index (χ4n) is 1.62. The number of carboxylic acid groups (broad SMARTS) is 1. The van der Waals surface area contributed by atoms with E-state index in [0.717, 1.165) is 0 Å². The quantitative estimate of drug-likeness (QED) is 0.849. The molecule has 4 heteroatoms. The Morgan fingerprint density at radius 2 is 2.12 bits per heavy atom. The summed E-state index contributed by atoms with van der Waals surface area (Å²) in [6.07, 6.45) is 1.31. The molecule has 0 radical (unpaired) electrons. The monoisotopic (exact) mass is 222 g/mol. The van der Waals surface area contributed by atoms with Crippen LogP contribution in [-0.4, -0.2) is 11.1 Å². The van der Waals surface area contributed by atoms with Crippen LogP contribution in [0, 0.1) is 5.82 Å². The van der Waals surface area contributed by atoms with E-state index in [1.54, 1.807) is 6.07 Å². The molecule has 2 rings (SSSR count). The SMILES string of the molecule is CC(C)(C(=O)O)c1coc2cccc(F)c12. The number of fused-ring (bicyclic) bond motifs is 1. The molecule has 3 nitrogen and oxygen atoms in total. The third-order valence-electron chi connectivity index (χ3n) is 2.76. The van der Waals surface area contributed by atoms with Gasteiger partial charge in [0.1, 0.15) is 11.4 Å². The van der Waals surface area contributed by atoms with Crippen LogP contribution in [0.15, 0.2) is 28.9 Å². The highest BCUT2D eigenvalue weighted by atomic mass is 19.1. The van der Waals surface area contributed by atoms with Crippen LogP contribution in [0.4, 0.5) is 4.39 Å². The highest BCUT2D eigenvalue weighted by molar-refractivity contribution is 5.90. The highest BCUT2D eigenvalue weighted by Crippen LogP contribution is 2.33. The van der Waals surface area contributed by atoms with Crippen molar-refractivity contribution in [2.24, 2.45) is 0 Å². The van der Waals surface area contributed by atoms with E-state index in [1.807, 2.05) is 0 Å². The van der Waals surface area contributed by atoms with Crippen molar-refractivity contribution in [3.8, 4) is 0 Å². The number of carbonyl (C=O) groups is 1. The maximum atomic E-state index is 13.6. The lowest BCUT2D eigenvalue weighted by Gasteiger charge is -2.17. The lowest BCUT2D eigenvalue weighted by Crippen LogP contribution is -2.28. The minimum Gasteiger partial charge on any atom is -0.481 e. The first-order valence-corrected chi connectivity index (χ1v) is 4.84. The third kappa shape index (κ3) is 1.38. The second-order valence-electron chi connectivity index (χ2n) is 4.19. The first kappa shape index (κ1) is 10.7. The number of hydrogen-bond donors (Lipinski definition) is 1. The van der Waals surface area contributed by atoms with E-state index in [0.29, 0.717) is 11.1 Å². The van der Waals surface area contributed by atoms with Gasteiger partial charge < -0.3 is 9.52 Å². The Hall–Kier alpha value is -1.84. The lowest BCUT2D eigenvalue weighted by molar-refractivity contribution is -0.142. The molecule has 1 aromatic carbocycles. The zero-order valence-corrected chi connectivity index (χ0v) is 8.95. The van der Waals surface area contributed by atoms with E-state index >= 15 is 0 Å². The van der Waals surface area contributed by atoms with E-state index in [-0.39, 0.29) is 5.39 Å². The van der Waals surface area contributed by atoms with Gasteiger partial charge in [0, 0.05) is 5.56 Å². The van der Waals surface area contributed by atoms with Crippen molar-refractivity contribution in [2.75, 3.05) is 0 Å². The zero-order valence-electron chi connectivity index (χ0n) is 8.95. The summed E-state index contributed by atoms with van der Waals surface area (Å²) in [4.78, 5) is 11.1. The van der Waals surface area contributed by atoms with Crippen LogP contribution in [-0.2, 0) is 10.2 Å². The van der Waals surface area contributed by atoms with Gasteiger partial charge in [0.15, 0.2) is 0 Å². The molecule has 0 aliphatic heterocycles. The van der Waals surface area contributed by atoms with Gasteiger partial charge >= 0.3 is 5.97 Å². The first-order valence-electron chi connectivity index (χ1n) is 4.84. The van der Waals surface area contributed by atoms with Crippen LogP contribution in [0.3, 0.4) is 0 Å². The van der Waals surface area contributed by atoms with Gasteiger partial charge in [0.25, 0.3) is 0 Å². The molecule has 0 atom stereocenters. The Morgan fingerprint density at radius 1 is 1.44 bits per heavy atom. The summed E-state index contributed by atoms with van der Waals surface area (Å²) >= 11 is 0. The van der Waals surface area contributed by atoms with E-state index in [9.17, 15) is 9.18 Å². The molecule has 0 saturated heterocycles. The number of rotatable bonds is 2. The van der Waals surface area contributed by atoms with Gasteiger partial charge in [-0.2, -0.15) is 0 Å². The Bertz CT molecular complexity index is 554. The fraction of sp³-hybridized carbons (Fsp3) is 0.250. The maximum Gasteiger partial charge on any atom is 0.313 e. The van der Waals surface area contributed by atoms with Crippen LogP contribution in [0.1, 0.15) is 19.4 Å². The molecule has 0 saturated carbocycles. The van der Waals surface area contributed by atoms with Crippen molar-refractivity contribution in [2.45, 2.75) is 19.3 Å². The molecule has 0 unspecified atom stereocenters. The van der Waals surface area contributed by atoms with E-state index in [4.69, 9.17) is 9.52 Å². The largest absolute Gasteiger partial charge is 0.481 e. The number of halogens is 1. The zero-order chi connectivity index (χ0) is 11.9. The Kier molecular flexibility index (Phi) is 2.22. The van der Waals surface area contributed by atoms with Gasteiger partial charge in [-0.15, -0.1) is 0 Å². The highest BCUT2D eigenvalue weighted by Gasteiger charge is 2.33. The smallest absolute Gasteiger partial charge is 0.313 e. The molecule has 1 aromatic heterocycles. The van der Waals surface area contributed by atoms with Gasteiger partial charge in [-0.3, -0.25) is 4.79 Å². The second-order valence-corrected chi connectivity index (χ2v) is 4.19. The third-order valence-corrected chi connectivity index (χ3v) is 2.76. The summed E-state index contributed by atoms with van der Waals surface area (Å²) < 4.78 is 18.8. The molecule has 0 spiro atoms. The van der Waals surface area contributed by atoms with Gasteiger partial charge in [-0.1, -0.05) is 6.07 Å². The molecule has 0 bridgehead atoms. The van der Waals surface area contributed by atoms with Crippen LogP contribution in [0.5, 0.6) is 0 Å². The number of furan rings is 1. The molecule has 2 aromatic rings. The molecule has 0 amide bonds. The average molecular weight is 222 g/mol. The van der Waals surface area contributed by atoms with Gasteiger partial charge in [0.05, 0.1) is 17.1 Å². The van der Waals surface area contributed by atoms with Crippen molar-refractivity contribution in [3.05, 3.63) is 35.8 Å². The second kappa shape index (κ2) is 3.33. The van der Waals surface area contributed by atoms with E-state index < -0.39 is 17.2 Å². The lowest BCUT2D eigenvalue weighted by atomic mass is 9.84. The molecular formula is C12H11FO3. The minimum absolute atomic E-state index is 0.245. The van der Waals surface area contributed by atoms with Gasteiger partial charge in [-0.25, -0.2) is 4.39 Å². The molecule has 84 valence electrons. The Labute approximate surface area is 91.5 Å². The van der Waals surface area contributed by atoms with Crippen molar-refractivity contribution in [1.29, 1.82) is 0 Å². The van der Waals surface area contributed by atoms with Crippen LogP contribution in [0.25, 0.3) is 11.0 Å². The van der Waals surface area contributed by atoms with Crippen molar-refractivity contribution in [3.63, 3.8) is 0 Å². The predicted octanol–water partition coefficient (Wildman–Crippen LogP) is 2.93. The summed E-state index contributed by atoms with van der Waals surface area (Å²) in [7, 11) is 0. The predicted molar refractivity (Wildman–Crippen MR) is 56.8 cm³/mol. The van der Waals surface area contributed by atoms with Crippen molar-refractivity contribution >= 4 is 16.9 Å². The summed E-state index contributed by atoms with van der Waals surface area (Å²) in [5, 5.41) is 9.34. The van der Waals surface area contributed by atoms with E-state index in [2.05, 4.69) is 0 Å². The topological polar surface area (TPSA) is 50.4 Å². The van der Waals surface area contributed by atoms with Crippen molar-refractivity contribution in [1.82, 2.24) is 0 Å². The fourth-order valence-corrected chi connectivity index (χ4v) is 1.62. The van der Waals surface area contributed by atoms with Crippen LogP contribution < -0.4 is 0 Å². The number of benzene rings is 1. The normalized spacial score (nSPS) is 11.9. The average Bonchev–Trinajstić information content (AvgIpc) is 2.63. The van der Waals surface area contributed by atoms with Crippen LogP contribution in [0.2, 0.25) is 0 Å². The maximum absolute atomic E-state index is 13.6. The Balaban J connectivity index is 2.76. The summed E-state index contributed by atoms with van der Waals surface area (Å²) in [5.41, 5.74) is -0.453. The molecular weight excluding hydrogens is 211 g/mol. The van der Waals surface area contributed by atoms with Gasteiger partial charge in [0.2, 0.25) is 0 Å². The molecule has 0 aliphatic carbocycles. The van der Waals surface area contributed by atoms with Crippen LogP contribution >= 0.6 is 0 Å². The number of hydrogen-bond acceptors (Lipinski definition) is 2. The molecule has 16 heavy (non-hydrogen) atoms. The summed E-state index contributed by atoms with van der Waals surface area (Å²) in [5.74, 6) is -1.48.